The molecule has 0 unspecified atom stereocenters. The first-order valence-electron chi connectivity index (χ1n) is 20.5. The number of carbonyl (C=O) groups excluding carboxylic acids is 8. The third-order valence-corrected chi connectivity index (χ3v) is 11.3. The van der Waals surface area contributed by atoms with Gasteiger partial charge in [-0.25, -0.2) is 0 Å². The SMILES string of the molecule is NC(=O)[C@H](CCCCNC(=O)CBr)NC(=O)[C@H](CCCCNC(=O)CBr)NC(=O)[C@H](CCCCNC(=O)CBr)NC(=O)CCC(=O)N1Cc2ccccc2C#Cc2ccccc21. The number of benzene rings is 2. The third kappa shape index (κ3) is 18.7. The van der Waals surface area contributed by atoms with Crippen molar-refractivity contribution in [1.29, 1.82) is 0 Å². The quantitative estimate of drug-likeness (QED) is 0.0398. The Kier molecular flexibility index (Phi) is 23.9. The van der Waals surface area contributed by atoms with E-state index in [1.54, 1.807) is 4.90 Å². The maximum atomic E-state index is 14.0. The van der Waals surface area contributed by atoms with E-state index in [2.05, 4.69) is 91.5 Å². The van der Waals surface area contributed by atoms with Crippen LogP contribution >= 0.6 is 47.8 Å². The van der Waals surface area contributed by atoms with Gasteiger partial charge in [-0.15, -0.1) is 0 Å². The average Bonchev–Trinajstić information content (AvgIpc) is 3.26. The summed E-state index contributed by atoms with van der Waals surface area (Å²) in [5, 5.41) is 16.8. The Labute approximate surface area is 387 Å². The first kappa shape index (κ1) is 51.5. The lowest BCUT2D eigenvalue weighted by atomic mass is 10.0. The fraction of sp³-hybridized carbons (Fsp3) is 0.488. The van der Waals surface area contributed by atoms with Crippen LogP contribution in [-0.4, -0.2) is 101 Å². The summed E-state index contributed by atoms with van der Waals surface area (Å²) in [5.41, 5.74) is 8.59. The van der Waals surface area contributed by atoms with Crippen LogP contribution in [0.3, 0.4) is 0 Å². The van der Waals surface area contributed by atoms with Crippen LogP contribution in [0.2, 0.25) is 0 Å². The second kappa shape index (κ2) is 28.7. The number of unbranched alkanes of at least 4 members (excludes halogenated alkanes) is 3. The van der Waals surface area contributed by atoms with Crippen molar-refractivity contribution in [3.63, 3.8) is 0 Å². The molecule has 1 aliphatic rings. The van der Waals surface area contributed by atoms with E-state index in [-0.39, 0.29) is 78.3 Å². The monoisotopic (exact) mass is 1050 g/mol. The Morgan fingerprint density at radius 2 is 1.02 bits per heavy atom. The molecule has 2 aromatic rings. The predicted molar refractivity (Wildman–Crippen MR) is 246 cm³/mol. The molecule has 3 rings (SSSR count). The third-order valence-electron chi connectivity index (χ3n) is 9.77. The first-order chi connectivity index (χ1) is 29.9. The molecular weight excluding hydrogens is 996 g/mol. The summed E-state index contributed by atoms with van der Waals surface area (Å²) >= 11 is 9.28. The van der Waals surface area contributed by atoms with Crippen molar-refractivity contribution in [2.24, 2.45) is 5.73 Å². The van der Waals surface area contributed by atoms with Gasteiger partial charge in [0.2, 0.25) is 47.3 Å². The number of nitrogens with one attached hydrogen (secondary N) is 6. The number of anilines is 1. The zero-order chi connectivity index (χ0) is 45.3. The molecule has 8 N–H and O–H groups in total. The van der Waals surface area contributed by atoms with Gasteiger partial charge in [-0.3, -0.25) is 38.4 Å². The number of nitrogens with zero attached hydrogens (tertiary/aromatic N) is 1. The van der Waals surface area contributed by atoms with Crippen LogP contribution in [0.15, 0.2) is 48.5 Å². The zero-order valence-corrected chi connectivity index (χ0v) is 39.3. The number of hydrogen-bond donors (Lipinski definition) is 7. The van der Waals surface area contributed by atoms with Gasteiger partial charge in [0.05, 0.1) is 28.2 Å². The number of para-hydroxylation sites is 1. The summed E-state index contributed by atoms with van der Waals surface area (Å²) in [6, 6.07) is 11.5. The molecule has 1 aliphatic heterocycles. The lowest BCUT2D eigenvalue weighted by Gasteiger charge is -2.26. The highest BCUT2D eigenvalue weighted by Gasteiger charge is 2.29. The van der Waals surface area contributed by atoms with Gasteiger partial charge in [0.25, 0.3) is 0 Å². The second-order valence-electron chi connectivity index (χ2n) is 14.5. The number of carbonyl (C=O) groups is 8. The molecule has 0 aliphatic carbocycles. The molecule has 0 saturated carbocycles. The smallest absolute Gasteiger partial charge is 0.243 e. The summed E-state index contributed by atoms with van der Waals surface area (Å²) in [4.78, 5) is 104. The highest BCUT2D eigenvalue weighted by molar-refractivity contribution is 9.09. The van der Waals surface area contributed by atoms with Crippen LogP contribution in [-0.2, 0) is 44.9 Å². The summed E-state index contributed by atoms with van der Waals surface area (Å²) in [6.07, 6.45) is 2.82. The molecule has 0 saturated heterocycles. The van der Waals surface area contributed by atoms with Crippen LogP contribution in [0.5, 0.6) is 0 Å². The Bertz CT molecular complexity index is 1940. The molecule has 8 amide bonds. The predicted octanol–water partition coefficient (Wildman–Crippen LogP) is 2.70. The van der Waals surface area contributed by atoms with Gasteiger partial charge in [0, 0.05) is 43.6 Å². The molecular formula is C43H55Br3N8O8. The van der Waals surface area contributed by atoms with E-state index < -0.39 is 41.8 Å². The van der Waals surface area contributed by atoms with Gasteiger partial charge in [0.1, 0.15) is 18.1 Å². The van der Waals surface area contributed by atoms with Crippen molar-refractivity contribution < 1.29 is 38.4 Å². The van der Waals surface area contributed by atoms with E-state index >= 15 is 0 Å². The minimum atomic E-state index is -1.15. The topological polar surface area (TPSA) is 238 Å². The van der Waals surface area contributed by atoms with Gasteiger partial charge >= 0.3 is 0 Å². The standard InChI is InChI=1S/C43H55Br3N8O8/c44-25-37(56)48-22-8-5-14-32(41(47)60)52-43(62)34(16-7-10-24-50-39(58)27-46)53-42(61)33(15-6-9-23-49-38(57)26-45)51-36(55)20-21-40(59)54-28-31-13-2-1-11-29(31)18-19-30-12-3-4-17-35(30)54/h1-4,11-13,17,32-34H,5-10,14-16,20-28H2,(H2,47,60)(H,48,56)(H,49,57)(H,50,58)(H,51,55)(H,52,62)(H,53,61)/t32-,33-,34-/m0/s1. The molecule has 0 radical (unpaired) electrons. The molecule has 0 aromatic heterocycles. The van der Waals surface area contributed by atoms with Gasteiger partial charge in [-0.05, 0) is 81.5 Å². The molecule has 336 valence electrons. The Balaban J connectivity index is 1.75. The van der Waals surface area contributed by atoms with Crippen LogP contribution in [0.4, 0.5) is 5.69 Å². The number of alkyl halides is 3. The average molecular weight is 1050 g/mol. The lowest BCUT2D eigenvalue weighted by Crippen LogP contribution is -2.56. The Hall–Kier alpha value is -4.80. The number of amides is 8. The van der Waals surface area contributed by atoms with Crippen molar-refractivity contribution in [2.75, 3.05) is 40.5 Å². The molecule has 0 bridgehead atoms. The maximum absolute atomic E-state index is 14.0. The largest absolute Gasteiger partial charge is 0.368 e. The summed E-state index contributed by atoms with van der Waals surface area (Å²) in [5.74, 6) is 2.78. The normalized spacial score (nSPS) is 12.9. The van der Waals surface area contributed by atoms with Crippen molar-refractivity contribution in [3.05, 3.63) is 65.2 Å². The number of hydrogen-bond acceptors (Lipinski definition) is 8. The molecule has 0 fully saturated rings. The zero-order valence-electron chi connectivity index (χ0n) is 34.5. The molecule has 0 spiro atoms. The molecule has 3 atom stereocenters. The molecule has 62 heavy (non-hydrogen) atoms. The fourth-order valence-corrected chi connectivity index (χ4v) is 7.04. The Morgan fingerprint density at radius 3 is 1.55 bits per heavy atom. The minimum absolute atomic E-state index is 0.129. The van der Waals surface area contributed by atoms with E-state index in [1.165, 1.54) is 0 Å². The first-order valence-corrected chi connectivity index (χ1v) is 23.9. The van der Waals surface area contributed by atoms with E-state index in [4.69, 9.17) is 5.73 Å². The second-order valence-corrected chi connectivity index (χ2v) is 16.2. The molecule has 2 aromatic carbocycles. The summed E-state index contributed by atoms with van der Waals surface area (Å²) in [7, 11) is 0. The van der Waals surface area contributed by atoms with Gasteiger partial charge in [-0.2, -0.15) is 0 Å². The lowest BCUT2D eigenvalue weighted by molar-refractivity contribution is -0.133. The van der Waals surface area contributed by atoms with E-state index in [0.717, 1.165) is 11.1 Å². The highest BCUT2D eigenvalue weighted by atomic mass is 79.9. The van der Waals surface area contributed by atoms with Crippen molar-refractivity contribution in [1.82, 2.24) is 31.9 Å². The van der Waals surface area contributed by atoms with E-state index in [1.807, 2.05) is 48.5 Å². The van der Waals surface area contributed by atoms with Gasteiger partial charge < -0.3 is 42.5 Å². The van der Waals surface area contributed by atoms with Gasteiger partial charge in [-0.1, -0.05) is 90.0 Å². The summed E-state index contributed by atoms with van der Waals surface area (Å²) in [6.45, 7) is 1.28. The van der Waals surface area contributed by atoms with Crippen LogP contribution in [0, 0.1) is 11.8 Å². The van der Waals surface area contributed by atoms with Crippen LogP contribution in [0.25, 0.3) is 0 Å². The molecule has 1 heterocycles. The van der Waals surface area contributed by atoms with Gasteiger partial charge in [0.15, 0.2) is 0 Å². The fourth-order valence-electron chi connectivity index (χ4n) is 6.44. The Morgan fingerprint density at radius 1 is 0.565 bits per heavy atom. The number of rotatable bonds is 27. The van der Waals surface area contributed by atoms with Crippen molar-refractivity contribution >= 4 is 101 Å². The molecule has 16 nitrogen and oxygen atoms in total. The van der Waals surface area contributed by atoms with Crippen molar-refractivity contribution in [3.8, 4) is 11.8 Å². The highest BCUT2D eigenvalue weighted by Crippen LogP contribution is 2.26. The number of nitrogens with two attached hydrogens (primary N) is 1. The number of halogens is 3. The van der Waals surface area contributed by atoms with Crippen molar-refractivity contribution in [2.45, 2.75) is 95.3 Å². The summed E-state index contributed by atoms with van der Waals surface area (Å²) < 4.78 is 0. The molecule has 19 heteroatoms. The van der Waals surface area contributed by atoms with E-state index in [0.29, 0.717) is 69.4 Å². The number of primary amides is 1. The van der Waals surface area contributed by atoms with Crippen LogP contribution < -0.4 is 42.5 Å². The maximum Gasteiger partial charge on any atom is 0.243 e. The minimum Gasteiger partial charge on any atom is -0.368 e. The van der Waals surface area contributed by atoms with Crippen LogP contribution in [0.1, 0.15) is 87.3 Å². The van der Waals surface area contributed by atoms with E-state index in [9.17, 15) is 38.4 Å². The number of fused-ring (bicyclic) bond motifs is 2.